The number of hydrogen-bond acceptors (Lipinski definition) is 3. The van der Waals surface area contributed by atoms with Gasteiger partial charge >= 0.3 is 5.63 Å². The molecule has 0 spiro atoms. The van der Waals surface area contributed by atoms with Crippen molar-refractivity contribution >= 4 is 5.69 Å². The van der Waals surface area contributed by atoms with Gasteiger partial charge in [-0.2, -0.15) is 0 Å². The second-order valence-electron chi connectivity index (χ2n) is 3.08. The predicted molar refractivity (Wildman–Crippen MR) is 53.9 cm³/mol. The van der Waals surface area contributed by atoms with Crippen LogP contribution in [-0.4, -0.2) is 5.16 Å². The van der Waals surface area contributed by atoms with Crippen molar-refractivity contribution in [1.82, 2.24) is 5.16 Å². The number of H-pyrrole nitrogens is 1. The first-order valence-corrected chi connectivity index (χ1v) is 4.23. The van der Waals surface area contributed by atoms with E-state index >= 15 is 0 Å². The van der Waals surface area contributed by atoms with Crippen LogP contribution in [-0.2, 0) is 0 Å². The summed E-state index contributed by atoms with van der Waals surface area (Å²) in [6, 6.07) is 7.31. The summed E-state index contributed by atoms with van der Waals surface area (Å²) >= 11 is 0. The van der Waals surface area contributed by atoms with Crippen LogP contribution in [0.1, 0.15) is 5.56 Å². The normalized spacial score (nSPS) is 10.4. The summed E-state index contributed by atoms with van der Waals surface area (Å²) in [6.07, 6.45) is 0. The number of para-hydroxylation sites is 1. The zero-order valence-corrected chi connectivity index (χ0v) is 7.70. The molecule has 1 aromatic heterocycles. The summed E-state index contributed by atoms with van der Waals surface area (Å²) in [4.78, 5) is 11.1. The molecule has 0 aliphatic carbocycles. The third-order valence-corrected chi connectivity index (χ3v) is 2.16. The van der Waals surface area contributed by atoms with E-state index in [0.717, 1.165) is 5.56 Å². The van der Waals surface area contributed by atoms with Crippen LogP contribution in [0.2, 0.25) is 0 Å². The Hall–Kier alpha value is -1.97. The van der Waals surface area contributed by atoms with Gasteiger partial charge in [0, 0.05) is 11.3 Å². The van der Waals surface area contributed by atoms with Gasteiger partial charge in [0.25, 0.3) is 0 Å². The molecule has 1 heterocycles. The van der Waals surface area contributed by atoms with Gasteiger partial charge in [0.05, 0.1) is 11.3 Å². The van der Waals surface area contributed by atoms with Crippen molar-refractivity contribution < 1.29 is 4.52 Å². The molecule has 0 unspecified atom stereocenters. The summed E-state index contributed by atoms with van der Waals surface area (Å²) in [7, 11) is 0. The lowest BCUT2D eigenvalue weighted by molar-refractivity contribution is 0.393. The average Bonchev–Trinajstić information content (AvgIpc) is 2.49. The Morgan fingerprint density at radius 1 is 1.36 bits per heavy atom. The van der Waals surface area contributed by atoms with Gasteiger partial charge < -0.3 is 10.3 Å². The quantitative estimate of drug-likeness (QED) is 0.670. The van der Waals surface area contributed by atoms with Gasteiger partial charge in [-0.3, -0.25) is 0 Å². The summed E-state index contributed by atoms with van der Waals surface area (Å²) < 4.78 is 4.67. The molecule has 0 saturated heterocycles. The van der Waals surface area contributed by atoms with Crippen LogP contribution in [0.3, 0.4) is 0 Å². The maximum Gasteiger partial charge on any atom is 0.360 e. The molecule has 0 aliphatic heterocycles. The maximum absolute atomic E-state index is 11.1. The number of aromatic nitrogens is 1. The van der Waals surface area contributed by atoms with Crippen molar-refractivity contribution in [2.24, 2.45) is 0 Å². The Labute approximate surface area is 80.3 Å². The fourth-order valence-electron chi connectivity index (χ4n) is 1.33. The van der Waals surface area contributed by atoms with Gasteiger partial charge in [0.1, 0.15) is 0 Å². The van der Waals surface area contributed by atoms with E-state index in [4.69, 9.17) is 5.73 Å². The third-order valence-electron chi connectivity index (χ3n) is 2.16. The van der Waals surface area contributed by atoms with Crippen LogP contribution in [0.15, 0.2) is 33.6 Å². The van der Waals surface area contributed by atoms with Gasteiger partial charge in [-0.05, 0) is 13.0 Å². The Kier molecular flexibility index (Phi) is 1.89. The van der Waals surface area contributed by atoms with E-state index < -0.39 is 0 Å². The molecular formula is C10H10N2O2. The van der Waals surface area contributed by atoms with Crippen molar-refractivity contribution in [2.45, 2.75) is 6.92 Å². The van der Waals surface area contributed by atoms with Crippen LogP contribution >= 0.6 is 0 Å². The van der Waals surface area contributed by atoms with E-state index in [0.29, 0.717) is 16.9 Å². The van der Waals surface area contributed by atoms with Gasteiger partial charge in [-0.1, -0.05) is 18.2 Å². The SMILES string of the molecule is Cc1c(-c2ccccc2N)[nH]oc1=O. The molecule has 0 amide bonds. The summed E-state index contributed by atoms with van der Waals surface area (Å²) in [6.45, 7) is 1.70. The third kappa shape index (κ3) is 1.21. The minimum atomic E-state index is -0.358. The fraction of sp³-hybridized carbons (Fsp3) is 0.100. The van der Waals surface area contributed by atoms with Crippen molar-refractivity contribution in [1.29, 1.82) is 0 Å². The molecular weight excluding hydrogens is 180 g/mol. The number of hydrogen-bond donors (Lipinski definition) is 2. The van der Waals surface area contributed by atoms with E-state index in [1.807, 2.05) is 18.2 Å². The highest BCUT2D eigenvalue weighted by molar-refractivity contribution is 5.74. The van der Waals surface area contributed by atoms with E-state index in [9.17, 15) is 4.79 Å². The number of nitrogen functional groups attached to an aromatic ring is 1. The highest BCUT2D eigenvalue weighted by Gasteiger charge is 2.10. The van der Waals surface area contributed by atoms with E-state index in [1.54, 1.807) is 13.0 Å². The van der Waals surface area contributed by atoms with Gasteiger partial charge in [0.2, 0.25) is 0 Å². The summed E-state index contributed by atoms with van der Waals surface area (Å²) in [5.41, 5.74) is 8.01. The molecule has 2 rings (SSSR count). The van der Waals surface area contributed by atoms with Gasteiger partial charge in [-0.25, -0.2) is 9.95 Å². The van der Waals surface area contributed by atoms with Crippen LogP contribution in [0, 0.1) is 6.92 Å². The standard InChI is InChI=1S/C10H10N2O2/c1-6-9(12-14-10(6)13)7-4-2-3-5-8(7)11/h2-5,12H,11H2,1H3. The predicted octanol–water partition coefficient (Wildman–Crippen LogP) is 1.53. The lowest BCUT2D eigenvalue weighted by Crippen LogP contribution is -1.96. The van der Waals surface area contributed by atoms with Crippen LogP contribution < -0.4 is 11.4 Å². The zero-order chi connectivity index (χ0) is 10.1. The first-order chi connectivity index (χ1) is 6.70. The van der Waals surface area contributed by atoms with E-state index in [1.165, 1.54) is 0 Å². The molecule has 0 saturated carbocycles. The number of nitrogens with one attached hydrogen (secondary N) is 1. The van der Waals surface area contributed by atoms with Crippen LogP contribution in [0.5, 0.6) is 0 Å². The Morgan fingerprint density at radius 3 is 2.64 bits per heavy atom. The number of benzene rings is 1. The number of rotatable bonds is 1. The first kappa shape index (κ1) is 8.62. The van der Waals surface area contributed by atoms with Gasteiger partial charge in [0.15, 0.2) is 0 Å². The summed E-state index contributed by atoms with van der Waals surface area (Å²) in [5.74, 6) is 0. The fourth-order valence-corrected chi connectivity index (χ4v) is 1.33. The lowest BCUT2D eigenvalue weighted by Gasteiger charge is -2.01. The molecule has 4 nitrogen and oxygen atoms in total. The van der Waals surface area contributed by atoms with Crippen LogP contribution in [0.4, 0.5) is 5.69 Å². The molecule has 3 N–H and O–H groups in total. The molecule has 4 heteroatoms. The maximum atomic E-state index is 11.1. The second kappa shape index (κ2) is 3.06. The largest absolute Gasteiger partial charge is 0.398 e. The Morgan fingerprint density at radius 2 is 2.07 bits per heavy atom. The lowest BCUT2D eigenvalue weighted by atomic mass is 10.1. The number of aromatic amines is 1. The molecule has 0 fully saturated rings. The number of anilines is 1. The molecule has 72 valence electrons. The van der Waals surface area contributed by atoms with Crippen molar-refractivity contribution in [3.8, 4) is 11.3 Å². The van der Waals surface area contributed by atoms with E-state index in [-0.39, 0.29) is 5.63 Å². The molecule has 14 heavy (non-hydrogen) atoms. The minimum absolute atomic E-state index is 0.358. The molecule has 2 aromatic rings. The smallest absolute Gasteiger partial charge is 0.360 e. The highest BCUT2D eigenvalue weighted by atomic mass is 16.5. The zero-order valence-electron chi connectivity index (χ0n) is 7.70. The average molecular weight is 190 g/mol. The Bertz CT molecular complexity index is 511. The second-order valence-corrected chi connectivity index (χ2v) is 3.08. The highest BCUT2D eigenvalue weighted by Crippen LogP contribution is 2.24. The monoisotopic (exact) mass is 190 g/mol. The topological polar surface area (TPSA) is 72.0 Å². The molecule has 0 bridgehead atoms. The minimum Gasteiger partial charge on any atom is -0.398 e. The van der Waals surface area contributed by atoms with E-state index in [2.05, 4.69) is 9.68 Å². The van der Waals surface area contributed by atoms with Crippen molar-refractivity contribution in [2.75, 3.05) is 5.73 Å². The molecule has 0 aliphatic rings. The molecule has 1 aromatic carbocycles. The Balaban J connectivity index is 2.66. The summed E-state index contributed by atoms with van der Waals surface area (Å²) in [5, 5.41) is 2.56. The van der Waals surface area contributed by atoms with Gasteiger partial charge in [-0.15, -0.1) is 0 Å². The van der Waals surface area contributed by atoms with Crippen molar-refractivity contribution in [3.05, 3.63) is 40.2 Å². The molecule has 0 atom stereocenters. The first-order valence-electron chi connectivity index (χ1n) is 4.23. The molecule has 0 radical (unpaired) electrons. The number of nitrogens with two attached hydrogens (primary N) is 1. The van der Waals surface area contributed by atoms with Crippen LogP contribution in [0.25, 0.3) is 11.3 Å². The van der Waals surface area contributed by atoms with Crippen molar-refractivity contribution in [3.63, 3.8) is 0 Å².